The number of amides is 2. The summed E-state index contributed by atoms with van der Waals surface area (Å²) < 4.78 is 21.2. The molecular formula is C24H22FN5O3. The normalized spacial score (nSPS) is 10.9. The monoisotopic (exact) mass is 447 g/mol. The number of fused-ring (bicyclic) bond motifs is 1. The maximum Gasteiger partial charge on any atom is 0.411 e. The summed E-state index contributed by atoms with van der Waals surface area (Å²) in [5.74, 6) is -0.372. The summed E-state index contributed by atoms with van der Waals surface area (Å²) in [5, 5.41) is 5.37. The number of hydrogen-bond acceptors (Lipinski definition) is 5. The SMILES string of the molecule is CC(C)OC(=O)Nc1cnc2nc(-c3cc(NC(=O)Cc4ccccc4)ccc3F)cn2c1. The first-order valence-electron chi connectivity index (χ1n) is 10.3. The fourth-order valence-electron chi connectivity index (χ4n) is 3.23. The van der Waals surface area contributed by atoms with Crippen molar-refractivity contribution in [2.45, 2.75) is 26.4 Å². The van der Waals surface area contributed by atoms with E-state index in [0.717, 1.165) is 5.56 Å². The van der Waals surface area contributed by atoms with E-state index in [2.05, 4.69) is 20.6 Å². The van der Waals surface area contributed by atoms with Crippen LogP contribution in [0, 0.1) is 5.82 Å². The van der Waals surface area contributed by atoms with E-state index >= 15 is 0 Å². The average Bonchev–Trinajstić information content (AvgIpc) is 3.18. The minimum atomic E-state index is -0.600. The largest absolute Gasteiger partial charge is 0.447 e. The van der Waals surface area contributed by atoms with Crippen molar-refractivity contribution in [3.63, 3.8) is 0 Å². The minimum absolute atomic E-state index is 0.209. The Morgan fingerprint density at radius 3 is 2.61 bits per heavy atom. The van der Waals surface area contributed by atoms with Gasteiger partial charge >= 0.3 is 6.09 Å². The summed E-state index contributed by atoms with van der Waals surface area (Å²) in [7, 11) is 0. The third-order valence-electron chi connectivity index (χ3n) is 4.63. The Morgan fingerprint density at radius 2 is 1.85 bits per heavy atom. The van der Waals surface area contributed by atoms with Crippen molar-refractivity contribution in [3.8, 4) is 11.3 Å². The number of carbonyl (C=O) groups excluding carboxylic acids is 2. The summed E-state index contributed by atoms with van der Waals surface area (Å²) >= 11 is 0. The molecule has 0 aliphatic heterocycles. The number of anilines is 2. The zero-order valence-corrected chi connectivity index (χ0v) is 18.1. The second-order valence-electron chi connectivity index (χ2n) is 7.66. The molecule has 4 rings (SSSR count). The molecular weight excluding hydrogens is 425 g/mol. The molecule has 2 heterocycles. The van der Waals surface area contributed by atoms with Crippen LogP contribution in [0.4, 0.5) is 20.6 Å². The molecule has 8 nitrogen and oxygen atoms in total. The molecule has 0 radical (unpaired) electrons. The van der Waals surface area contributed by atoms with E-state index in [4.69, 9.17) is 4.74 Å². The van der Waals surface area contributed by atoms with Crippen LogP contribution in [0.3, 0.4) is 0 Å². The van der Waals surface area contributed by atoms with Gasteiger partial charge in [0, 0.05) is 23.6 Å². The summed E-state index contributed by atoms with van der Waals surface area (Å²) in [5.41, 5.74) is 2.29. The predicted octanol–water partition coefficient (Wildman–Crippen LogP) is 4.67. The highest BCUT2D eigenvalue weighted by Gasteiger charge is 2.14. The van der Waals surface area contributed by atoms with Gasteiger partial charge in [-0.2, -0.15) is 0 Å². The van der Waals surface area contributed by atoms with E-state index in [9.17, 15) is 14.0 Å². The van der Waals surface area contributed by atoms with Crippen LogP contribution in [0.15, 0.2) is 67.1 Å². The maximum absolute atomic E-state index is 14.6. The molecule has 0 atom stereocenters. The number of halogens is 1. The van der Waals surface area contributed by atoms with E-state index in [-0.39, 0.29) is 24.0 Å². The van der Waals surface area contributed by atoms with Gasteiger partial charge < -0.3 is 10.1 Å². The van der Waals surface area contributed by atoms with Crippen LogP contribution < -0.4 is 10.6 Å². The predicted molar refractivity (Wildman–Crippen MR) is 122 cm³/mol. The zero-order chi connectivity index (χ0) is 23.4. The van der Waals surface area contributed by atoms with Crippen LogP contribution in [-0.4, -0.2) is 32.5 Å². The summed E-state index contributed by atoms with van der Waals surface area (Å²) in [6.07, 6.45) is 3.98. The number of imidazole rings is 1. The molecule has 0 fully saturated rings. The zero-order valence-electron chi connectivity index (χ0n) is 18.1. The molecule has 33 heavy (non-hydrogen) atoms. The topological polar surface area (TPSA) is 97.6 Å². The molecule has 2 aromatic carbocycles. The first kappa shape index (κ1) is 21.9. The summed E-state index contributed by atoms with van der Waals surface area (Å²) in [6.45, 7) is 3.49. The highest BCUT2D eigenvalue weighted by molar-refractivity contribution is 5.93. The van der Waals surface area contributed by atoms with Gasteiger partial charge in [0.2, 0.25) is 11.7 Å². The van der Waals surface area contributed by atoms with Crippen molar-refractivity contribution in [1.29, 1.82) is 0 Å². The van der Waals surface area contributed by atoms with E-state index < -0.39 is 11.9 Å². The van der Waals surface area contributed by atoms with Crippen LogP contribution in [-0.2, 0) is 16.0 Å². The Kier molecular flexibility index (Phi) is 6.30. The molecule has 0 bridgehead atoms. The molecule has 0 saturated carbocycles. The van der Waals surface area contributed by atoms with Crippen molar-refractivity contribution in [3.05, 3.63) is 78.5 Å². The van der Waals surface area contributed by atoms with Crippen molar-refractivity contribution >= 4 is 29.2 Å². The van der Waals surface area contributed by atoms with Crippen LogP contribution in [0.2, 0.25) is 0 Å². The standard InChI is InChI=1S/C24H22FN5O3/c1-15(2)33-24(32)28-18-12-26-23-29-21(14-30(23)13-18)19-11-17(8-9-20(19)25)27-22(31)10-16-6-4-3-5-7-16/h3-9,11-15H,10H2,1-2H3,(H,27,31)(H,28,32). The van der Waals surface area contributed by atoms with Gasteiger partial charge in [-0.15, -0.1) is 0 Å². The quantitative estimate of drug-likeness (QED) is 0.448. The van der Waals surface area contributed by atoms with Crippen molar-refractivity contribution in [2.24, 2.45) is 0 Å². The molecule has 168 valence electrons. The third-order valence-corrected chi connectivity index (χ3v) is 4.63. The number of aromatic nitrogens is 3. The molecule has 0 saturated heterocycles. The molecule has 0 aliphatic rings. The molecule has 9 heteroatoms. The van der Waals surface area contributed by atoms with E-state index in [1.165, 1.54) is 24.4 Å². The molecule has 0 unspecified atom stereocenters. The Morgan fingerprint density at radius 1 is 1.06 bits per heavy atom. The summed E-state index contributed by atoms with van der Waals surface area (Å²) in [6, 6.07) is 13.6. The Labute approximate surface area is 189 Å². The highest BCUT2D eigenvalue weighted by Crippen LogP contribution is 2.26. The Balaban J connectivity index is 1.53. The lowest BCUT2D eigenvalue weighted by molar-refractivity contribution is -0.115. The lowest BCUT2D eigenvalue weighted by Gasteiger charge is -2.09. The first-order valence-corrected chi connectivity index (χ1v) is 10.3. The van der Waals surface area contributed by atoms with Crippen molar-refractivity contribution < 1.29 is 18.7 Å². The van der Waals surface area contributed by atoms with Crippen LogP contribution in [0.25, 0.3) is 17.0 Å². The van der Waals surface area contributed by atoms with Gasteiger partial charge in [0.25, 0.3) is 0 Å². The number of nitrogens with one attached hydrogen (secondary N) is 2. The van der Waals surface area contributed by atoms with Gasteiger partial charge in [-0.1, -0.05) is 30.3 Å². The lowest BCUT2D eigenvalue weighted by Crippen LogP contribution is -2.18. The lowest BCUT2D eigenvalue weighted by atomic mass is 10.1. The number of ether oxygens (including phenoxy) is 1. The number of hydrogen-bond donors (Lipinski definition) is 2. The maximum atomic E-state index is 14.6. The fraction of sp³-hybridized carbons (Fsp3) is 0.167. The van der Waals surface area contributed by atoms with E-state index in [0.29, 0.717) is 22.8 Å². The molecule has 4 aromatic rings. The second-order valence-corrected chi connectivity index (χ2v) is 7.66. The molecule has 2 amide bonds. The number of carbonyl (C=O) groups is 2. The van der Waals surface area contributed by atoms with Gasteiger partial charge in [0.1, 0.15) is 5.82 Å². The van der Waals surface area contributed by atoms with Gasteiger partial charge in [-0.05, 0) is 37.6 Å². The van der Waals surface area contributed by atoms with Gasteiger partial charge in [0.05, 0.1) is 30.1 Å². The van der Waals surface area contributed by atoms with Gasteiger partial charge in [-0.25, -0.2) is 19.2 Å². The van der Waals surface area contributed by atoms with Crippen LogP contribution in [0.1, 0.15) is 19.4 Å². The van der Waals surface area contributed by atoms with Gasteiger partial charge in [-0.3, -0.25) is 14.5 Å². The second kappa shape index (κ2) is 9.47. The Hall–Kier alpha value is -4.27. The minimum Gasteiger partial charge on any atom is -0.447 e. The fourth-order valence-corrected chi connectivity index (χ4v) is 3.23. The Bertz CT molecular complexity index is 1300. The number of benzene rings is 2. The van der Waals surface area contributed by atoms with E-state index in [1.807, 2.05) is 30.3 Å². The smallest absolute Gasteiger partial charge is 0.411 e. The van der Waals surface area contributed by atoms with Crippen molar-refractivity contribution in [2.75, 3.05) is 10.6 Å². The first-order chi connectivity index (χ1) is 15.9. The molecule has 2 N–H and O–H groups in total. The number of nitrogens with zero attached hydrogens (tertiary/aromatic N) is 3. The highest BCUT2D eigenvalue weighted by atomic mass is 19.1. The molecule has 0 aliphatic carbocycles. The molecule has 0 spiro atoms. The van der Waals surface area contributed by atoms with Gasteiger partial charge in [0.15, 0.2) is 0 Å². The third kappa shape index (κ3) is 5.51. The molecule has 2 aromatic heterocycles. The van der Waals surface area contributed by atoms with Crippen LogP contribution in [0.5, 0.6) is 0 Å². The summed E-state index contributed by atoms with van der Waals surface area (Å²) in [4.78, 5) is 32.7. The van der Waals surface area contributed by atoms with E-state index in [1.54, 1.807) is 30.6 Å². The van der Waals surface area contributed by atoms with Crippen LogP contribution >= 0.6 is 0 Å². The average molecular weight is 447 g/mol. The van der Waals surface area contributed by atoms with Crippen molar-refractivity contribution in [1.82, 2.24) is 14.4 Å². The number of rotatable bonds is 6.